The van der Waals surface area contributed by atoms with Gasteiger partial charge in [0, 0.05) is 22.7 Å². The Bertz CT molecular complexity index is 911. The molecular weight excluding hydrogens is 376 g/mol. The maximum absolute atomic E-state index is 13.4. The summed E-state index contributed by atoms with van der Waals surface area (Å²) in [5.41, 5.74) is 2.98. The van der Waals surface area contributed by atoms with E-state index in [-0.39, 0.29) is 24.8 Å². The lowest BCUT2D eigenvalue weighted by atomic mass is 9.98. The molecule has 0 unspecified atom stereocenters. The minimum atomic E-state index is -0.947. The highest BCUT2D eigenvalue weighted by Crippen LogP contribution is 2.33. The van der Waals surface area contributed by atoms with Crippen molar-refractivity contribution < 1.29 is 14.7 Å². The van der Waals surface area contributed by atoms with Gasteiger partial charge < -0.3 is 10.0 Å². The normalized spacial score (nSPS) is 17.5. The van der Waals surface area contributed by atoms with Crippen LogP contribution in [0.2, 0.25) is 5.02 Å². The Morgan fingerprint density at radius 1 is 1.25 bits per heavy atom. The SMILES string of the molecule is CC[C@H](C)[C@@H]1N=C(c2ccccc2)c2cc(Cl)ccc2N(CCC(=O)O)C1=O. The molecule has 28 heavy (non-hydrogen) atoms. The fourth-order valence-corrected chi connectivity index (χ4v) is 3.51. The van der Waals surface area contributed by atoms with Crippen LogP contribution >= 0.6 is 11.6 Å². The highest BCUT2D eigenvalue weighted by atomic mass is 35.5. The van der Waals surface area contributed by atoms with E-state index in [9.17, 15) is 9.59 Å². The van der Waals surface area contributed by atoms with E-state index in [2.05, 4.69) is 0 Å². The first kappa shape index (κ1) is 20.1. The predicted molar refractivity (Wildman–Crippen MR) is 111 cm³/mol. The summed E-state index contributed by atoms with van der Waals surface area (Å²) in [6, 6.07) is 14.4. The molecule has 2 atom stereocenters. The molecule has 2 aromatic rings. The largest absolute Gasteiger partial charge is 0.481 e. The average molecular weight is 399 g/mol. The van der Waals surface area contributed by atoms with Gasteiger partial charge >= 0.3 is 5.97 Å². The summed E-state index contributed by atoms with van der Waals surface area (Å²) in [7, 11) is 0. The molecule has 1 amide bonds. The molecule has 0 aromatic heterocycles. The van der Waals surface area contributed by atoms with E-state index in [0.29, 0.717) is 16.4 Å². The summed E-state index contributed by atoms with van der Waals surface area (Å²) in [5.74, 6) is -1.11. The molecule has 1 heterocycles. The highest BCUT2D eigenvalue weighted by Gasteiger charge is 2.34. The molecular formula is C22H23ClN2O3. The summed E-state index contributed by atoms with van der Waals surface area (Å²) in [5, 5.41) is 9.69. The van der Waals surface area contributed by atoms with Gasteiger partial charge in [0.05, 0.1) is 17.8 Å². The van der Waals surface area contributed by atoms with Gasteiger partial charge in [-0.2, -0.15) is 0 Å². The number of anilines is 1. The van der Waals surface area contributed by atoms with Crippen molar-refractivity contribution in [1.29, 1.82) is 0 Å². The fourth-order valence-electron chi connectivity index (χ4n) is 3.33. The average Bonchev–Trinajstić information content (AvgIpc) is 2.80. The van der Waals surface area contributed by atoms with Crippen LogP contribution < -0.4 is 4.90 Å². The molecule has 6 heteroatoms. The number of hydrogen-bond acceptors (Lipinski definition) is 3. The number of nitrogens with zero attached hydrogens (tertiary/aromatic N) is 2. The van der Waals surface area contributed by atoms with Crippen molar-refractivity contribution >= 4 is 34.9 Å². The Labute approximate surface area is 169 Å². The van der Waals surface area contributed by atoms with E-state index < -0.39 is 12.0 Å². The summed E-state index contributed by atoms with van der Waals surface area (Å²) in [4.78, 5) is 31.0. The Kier molecular flexibility index (Phi) is 6.15. The van der Waals surface area contributed by atoms with Gasteiger partial charge in [-0.3, -0.25) is 14.6 Å². The third kappa shape index (κ3) is 4.09. The smallest absolute Gasteiger partial charge is 0.305 e. The molecule has 1 aliphatic heterocycles. The number of amides is 1. The maximum Gasteiger partial charge on any atom is 0.305 e. The first-order valence-electron chi connectivity index (χ1n) is 9.38. The van der Waals surface area contributed by atoms with Gasteiger partial charge in [-0.05, 0) is 24.1 Å². The molecule has 3 rings (SSSR count). The van der Waals surface area contributed by atoms with Crippen LogP contribution in [-0.2, 0) is 9.59 Å². The number of carbonyl (C=O) groups is 2. The molecule has 0 spiro atoms. The topological polar surface area (TPSA) is 70.0 Å². The fraction of sp³-hybridized carbons (Fsp3) is 0.318. The van der Waals surface area contributed by atoms with Crippen LogP contribution in [0.5, 0.6) is 0 Å². The highest BCUT2D eigenvalue weighted by molar-refractivity contribution is 6.32. The number of fused-ring (bicyclic) bond motifs is 1. The molecule has 1 aliphatic rings. The number of aliphatic imine (C=N–C) groups is 1. The molecule has 0 radical (unpaired) electrons. The molecule has 0 saturated carbocycles. The quantitative estimate of drug-likeness (QED) is 0.783. The summed E-state index contributed by atoms with van der Waals surface area (Å²) >= 11 is 6.27. The molecule has 2 aromatic carbocycles. The molecule has 0 bridgehead atoms. The van der Waals surface area contributed by atoms with E-state index in [1.807, 2.05) is 44.2 Å². The summed E-state index contributed by atoms with van der Waals surface area (Å²) in [6.07, 6.45) is 0.646. The second-order valence-electron chi connectivity index (χ2n) is 6.97. The zero-order valence-electron chi connectivity index (χ0n) is 15.9. The van der Waals surface area contributed by atoms with Crippen LogP contribution in [-0.4, -0.2) is 35.3 Å². The number of carbonyl (C=O) groups excluding carboxylic acids is 1. The second kappa shape index (κ2) is 8.57. The van der Waals surface area contributed by atoms with E-state index >= 15 is 0 Å². The minimum absolute atomic E-state index is 0.0170. The predicted octanol–water partition coefficient (Wildman–Crippen LogP) is 4.41. The standard InChI is InChI=1S/C22H23ClN2O3/c1-3-14(2)20-22(28)25(12-11-19(26)27)18-10-9-16(23)13-17(18)21(24-20)15-7-5-4-6-8-15/h4-10,13-14,20H,3,11-12H2,1-2H3,(H,26,27)/t14-,20-/m0/s1. The zero-order chi connectivity index (χ0) is 20.3. The monoisotopic (exact) mass is 398 g/mol. The number of benzodiazepines with no additional fused rings is 1. The summed E-state index contributed by atoms with van der Waals surface area (Å²) < 4.78 is 0. The lowest BCUT2D eigenvalue weighted by Crippen LogP contribution is -2.41. The van der Waals surface area contributed by atoms with Gasteiger partial charge in [-0.1, -0.05) is 62.2 Å². The van der Waals surface area contributed by atoms with Crippen LogP contribution in [0.25, 0.3) is 0 Å². The van der Waals surface area contributed by atoms with Gasteiger partial charge in [0.25, 0.3) is 5.91 Å². The Hall–Kier alpha value is -2.66. The van der Waals surface area contributed by atoms with Crippen LogP contribution in [0.3, 0.4) is 0 Å². The lowest BCUT2D eigenvalue weighted by molar-refractivity contribution is -0.136. The Morgan fingerprint density at radius 2 is 1.96 bits per heavy atom. The molecule has 1 N–H and O–H groups in total. The number of carboxylic acids is 1. The maximum atomic E-state index is 13.4. The van der Waals surface area contributed by atoms with Gasteiger partial charge in [0.15, 0.2) is 0 Å². The van der Waals surface area contributed by atoms with Crippen molar-refractivity contribution in [2.45, 2.75) is 32.7 Å². The Balaban J connectivity index is 2.22. The van der Waals surface area contributed by atoms with E-state index in [1.54, 1.807) is 23.1 Å². The Morgan fingerprint density at radius 3 is 2.61 bits per heavy atom. The molecule has 146 valence electrons. The molecule has 0 saturated heterocycles. The van der Waals surface area contributed by atoms with Crippen molar-refractivity contribution in [2.24, 2.45) is 10.9 Å². The number of rotatable bonds is 6. The van der Waals surface area contributed by atoms with E-state index in [1.165, 1.54) is 0 Å². The molecule has 0 fully saturated rings. The van der Waals surface area contributed by atoms with Crippen LogP contribution in [0.1, 0.15) is 37.8 Å². The van der Waals surface area contributed by atoms with Crippen molar-refractivity contribution in [3.8, 4) is 0 Å². The van der Waals surface area contributed by atoms with Gasteiger partial charge in [0.1, 0.15) is 6.04 Å². The zero-order valence-corrected chi connectivity index (χ0v) is 16.7. The minimum Gasteiger partial charge on any atom is -0.481 e. The van der Waals surface area contributed by atoms with Gasteiger partial charge in [-0.15, -0.1) is 0 Å². The second-order valence-corrected chi connectivity index (χ2v) is 7.41. The lowest BCUT2D eigenvalue weighted by Gasteiger charge is -2.26. The van der Waals surface area contributed by atoms with Crippen molar-refractivity contribution in [1.82, 2.24) is 0 Å². The van der Waals surface area contributed by atoms with Crippen molar-refractivity contribution in [3.63, 3.8) is 0 Å². The van der Waals surface area contributed by atoms with Crippen LogP contribution in [0.4, 0.5) is 5.69 Å². The third-order valence-electron chi connectivity index (χ3n) is 5.07. The number of benzene rings is 2. The third-order valence-corrected chi connectivity index (χ3v) is 5.31. The van der Waals surface area contributed by atoms with Crippen LogP contribution in [0.15, 0.2) is 53.5 Å². The first-order chi connectivity index (χ1) is 13.4. The molecule has 0 aliphatic carbocycles. The number of halogens is 1. The van der Waals surface area contributed by atoms with E-state index in [4.69, 9.17) is 21.7 Å². The van der Waals surface area contributed by atoms with Crippen molar-refractivity contribution in [2.75, 3.05) is 11.4 Å². The van der Waals surface area contributed by atoms with E-state index in [0.717, 1.165) is 17.5 Å². The number of carboxylic acid groups (broad SMARTS) is 1. The first-order valence-corrected chi connectivity index (χ1v) is 9.76. The van der Waals surface area contributed by atoms with Crippen molar-refractivity contribution in [3.05, 3.63) is 64.7 Å². The summed E-state index contributed by atoms with van der Waals surface area (Å²) in [6.45, 7) is 4.10. The van der Waals surface area contributed by atoms with Crippen LogP contribution in [0, 0.1) is 5.92 Å². The molecule has 5 nitrogen and oxygen atoms in total. The number of aliphatic carboxylic acids is 1. The number of hydrogen-bond donors (Lipinski definition) is 1. The van der Waals surface area contributed by atoms with Gasteiger partial charge in [0.2, 0.25) is 0 Å². The van der Waals surface area contributed by atoms with Gasteiger partial charge in [-0.25, -0.2) is 0 Å².